The first-order valence-corrected chi connectivity index (χ1v) is 23.3. The molecule has 0 spiro atoms. The van der Waals surface area contributed by atoms with E-state index in [1.165, 1.54) is 99.3 Å². The Balaban J connectivity index is 1.06. The van der Waals surface area contributed by atoms with E-state index in [-0.39, 0.29) is 10.8 Å². The van der Waals surface area contributed by atoms with Gasteiger partial charge in [-0.25, -0.2) is 0 Å². The molecule has 66 heavy (non-hydrogen) atoms. The Labute approximate surface area is 386 Å². The summed E-state index contributed by atoms with van der Waals surface area (Å²) in [6, 6.07) is 81.3. The number of rotatable bonds is 6. The lowest BCUT2D eigenvalue weighted by Gasteiger charge is -2.30. The fourth-order valence-electron chi connectivity index (χ4n) is 11.8. The Bertz CT molecular complexity index is 3630. The number of para-hydroxylation sites is 1. The van der Waals surface area contributed by atoms with E-state index in [1.807, 2.05) is 0 Å². The fraction of sp³-hybridized carbons (Fsp3) is 0.0938. The van der Waals surface area contributed by atoms with Crippen LogP contribution in [0.3, 0.4) is 0 Å². The average molecular weight is 845 g/mol. The van der Waals surface area contributed by atoms with Crippen LogP contribution in [0.1, 0.15) is 49.9 Å². The minimum Gasteiger partial charge on any atom is -0.310 e. The molecule has 13 rings (SSSR count). The topological polar surface area (TPSA) is 8.17 Å². The van der Waals surface area contributed by atoms with Crippen LogP contribution >= 0.6 is 0 Å². The highest BCUT2D eigenvalue weighted by Crippen LogP contribution is 2.54. The van der Waals surface area contributed by atoms with Gasteiger partial charge in [0, 0.05) is 49.9 Å². The molecule has 10 aromatic carbocycles. The molecule has 0 unspecified atom stereocenters. The van der Waals surface area contributed by atoms with E-state index in [1.54, 1.807) is 0 Å². The maximum absolute atomic E-state index is 2.52. The minimum absolute atomic E-state index is 0.132. The maximum Gasteiger partial charge on any atom is 0.0626 e. The molecule has 314 valence electrons. The summed E-state index contributed by atoms with van der Waals surface area (Å²) in [6.45, 7) is 9.50. The molecular weight excluding hydrogens is 797 g/mol. The maximum atomic E-state index is 2.52. The van der Waals surface area contributed by atoms with Gasteiger partial charge in [-0.2, -0.15) is 0 Å². The van der Waals surface area contributed by atoms with Gasteiger partial charge in [0.25, 0.3) is 0 Å². The van der Waals surface area contributed by atoms with E-state index in [0.29, 0.717) is 0 Å². The molecule has 1 aromatic heterocycles. The normalized spacial score (nSPS) is 14.0. The first kappa shape index (κ1) is 38.5. The van der Waals surface area contributed by atoms with Crippen LogP contribution < -0.4 is 4.90 Å². The summed E-state index contributed by atoms with van der Waals surface area (Å²) in [5.41, 5.74) is 21.1. The van der Waals surface area contributed by atoms with Gasteiger partial charge in [0.2, 0.25) is 0 Å². The lowest BCUT2D eigenvalue weighted by molar-refractivity contribution is 0.660. The second-order valence-electron chi connectivity index (χ2n) is 19.3. The first-order valence-electron chi connectivity index (χ1n) is 23.3. The summed E-state index contributed by atoms with van der Waals surface area (Å²) >= 11 is 0. The summed E-state index contributed by atoms with van der Waals surface area (Å²) in [6.07, 6.45) is 0. The average Bonchev–Trinajstić information content (AvgIpc) is 3.93. The highest BCUT2D eigenvalue weighted by Gasteiger charge is 2.38. The summed E-state index contributed by atoms with van der Waals surface area (Å²) < 4.78 is 2.52. The molecule has 0 saturated carbocycles. The smallest absolute Gasteiger partial charge is 0.0626 e. The van der Waals surface area contributed by atoms with Crippen molar-refractivity contribution >= 4 is 49.5 Å². The van der Waals surface area contributed by atoms with Crippen LogP contribution in [-0.4, -0.2) is 4.57 Å². The van der Waals surface area contributed by atoms with E-state index in [9.17, 15) is 0 Å². The lowest BCUT2D eigenvalue weighted by atomic mass is 9.82. The Morgan fingerprint density at radius 2 is 0.788 bits per heavy atom. The summed E-state index contributed by atoms with van der Waals surface area (Å²) in [5, 5.41) is 6.27. The van der Waals surface area contributed by atoms with Gasteiger partial charge in [0.05, 0.1) is 11.2 Å². The van der Waals surface area contributed by atoms with E-state index in [2.05, 4.69) is 256 Å². The van der Waals surface area contributed by atoms with Gasteiger partial charge in [0.1, 0.15) is 0 Å². The number of benzene rings is 10. The molecule has 0 N–H and O–H groups in total. The lowest BCUT2D eigenvalue weighted by Crippen LogP contribution is -2.18. The molecular formula is C64H48N2. The Morgan fingerprint density at radius 1 is 0.348 bits per heavy atom. The van der Waals surface area contributed by atoms with E-state index < -0.39 is 0 Å². The molecule has 0 bridgehead atoms. The summed E-state index contributed by atoms with van der Waals surface area (Å²) in [4.78, 5) is 2.48. The molecule has 0 amide bonds. The van der Waals surface area contributed by atoms with Crippen LogP contribution in [0.15, 0.2) is 218 Å². The monoisotopic (exact) mass is 844 g/mol. The third-order valence-electron chi connectivity index (χ3n) is 15.0. The fourth-order valence-corrected chi connectivity index (χ4v) is 11.8. The third-order valence-corrected chi connectivity index (χ3v) is 15.0. The number of anilines is 3. The molecule has 0 atom stereocenters. The molecule has 2 aliphatic carbocycles. The predicted octanol–water partition coefficient (Wildman–Crippen LogP) is 17.4. The highest BCUT2D eigenvalue weighted by molar-refractivity contribution is 6.30. The molecule has 11 aromatic rings. The number of nitrogens with zero attached hydrogens (tertiary/aromatic N) is 2. The minimum atomic E-state index is -0.132. The molecule has 0 radical (unpaired) electrons. The van der Waals surface area contributed by atoms with Gasteiger partial charge in [-0.3, -0.25) is 0 Å². The van der Waals surface area contributed by atoms with Gasteiger partial charge >= 0.3 is 0 Å². The van der Waals surface area contributed by atoms with E-state index in [0.717, 1.165) is 22.7 Å². The molecule has 1 heterocycles. The van der Waals surface area contributed by atoms with Crippen molar-refractivity contribution in [1.82, 2.24) is 4.57 Å². The van der Waals surface area contributed by atoms with Crippen LogP contribution in [0.2, 0.25) is 0 Å². The molecule has 2 nitrogen and oxygen atoms in total. The zero-order valence-corrected chi connectivity index (χ0v) is 37.7. The highest BCUT2D eigenvalue weighted by atomic mass is 15.1. The summed E-state index contributed by atoms with van der Waals surface area (Å²) in [5.74, 6) is 0. The van der Waals surface area contributed by atoms with Crippen molar-refractivity contribution in [3.63, 3.8) is 0 Å². The van der Waals surface area contributed by atoms with Crippen LogP contribution in [0.4, 0.5) is 17.1 Å². The Hall–Kier alpha value is -7.94. The largest absolute Gasteiger partial charge is 0.310 e. The second kappa shape index (κ2) is 14.3. The molecule has 2 aliphatic rings. The molecule has 0 aliphatic heterocycles. The third kappa shape index (κ3) is 5.48. The zero-order valence-electron chi connectivity index (χ0n) is 37.7. The number of aromatic nitrogens is 1. The Morgan fingerprint density at radius 3 is 1.36 bits per heavy atom. The van der Waals surface area contributed by atoms with Crippen molar-refractivity contribution in [2.24, 2.45) is 0 Å². The van der Waals surface area contributed by atoms with Gasteiger partial charge in [0.15, 0.2) is 0 Å². The predicted molar refractivity (Wildman–Crippen MR) is 279 cm³/mol. The van der Waals surface area contributed by atoms with Crippen molar-refractivity contribution in [3.8, 4) is 50.3 Å². The number of fused-ring (bicyclic) bond motifs is 12. The van der Waals surface area contributed by atoms with Crippen LogP contribution in [0.5, 0.6) is 0 Å². The van der Waals surface area contributed by atoms with Crippen LogP contribution in [-0.2, 0) is 10.8 Å². The standard InChI is InChI=1S/C64H48N2/c1-63(2)55-29-17-15-25-49(55)51-37-35-45(39-57(51)63)65(46-36-38-52-50-26-16-18-30-56(50)64(3,4)58(52)40-46)44-33-31-41(32-34-44)59-60-53-27-13-11-23-47(53)48-24-12-14-28-54(48)62(60)66(43-21-9-6-10-22-43)61(59)42-19-7-5-8-20-42/h5-40H,1-4H3. The first-order chi connectivity index (χ1) is 32.3. The van der Waals surface area contributed by atoms with Crippen LogP contribution in [0.25, 0.3) is 82.8 Å². The molecule has 0 saturated heterocycles. The van der Waals surface area contributed by atoms with Crippen molar-refractivity contribution in [1.29, 1.82) is 0 Å². The van der Waals surface area contributed by atoms with E-state index >= 15 is 0 Å². The van der Waals surface area contributed by atoms with Gasteiger partial charge in [-0.05, 0) is 120 Å². The number of hydrogen-bond donors (Lipinski definition) is 0. The van der Waals surface area contributed by atoms with Gasteiger partial charge < -0.3 is 9.47 Å². The van der Waals surface area contributed by atoms with Gasteiger partial charge in [-0.1, -0.05) is 198 Å². The molecule has 2 heteroatoms. The Kier molecular flexibility index (Phi) is 8.33. The zero-order chi connectivity index (χ0) is 44.3. The molecule has 0 fully saturated rings. The quantitative estimate of drug-likeness (QED) is 0.151. The number of hydrogen-bond acceptors (Lipinski definition) is 1. The van der Waals surface area contributed by atoms with Crippen molar-refractivity contribution in [2.45, 2.75) is 38.5 Å². The second-order valence-corrected chi connectivity index (χ2v) is 19.3. The van der Waals surface area contributed by atoms with Crippen molar-refractivity contribution in [2.75, 3.05) is 4.90 Å². The van der Waals surface area contributed by atoms with Crippen LogP contribution in [0, 0.1) is 0 Å². The summed E-state index contributed by atoms with van der Waals surface area (Å²) in [7, 11) is 0. The van der Waals surface area contributed by atoms with Crippen molar-refractivity contribution < 1.29 is 0 Å². The van der Waals surface area contributed by atoms with Crippen molar-refractivity contribution in [3.05, 3.63) is 241 Å². The van der Waals surface area contributed by atoms with Gasteiger partial charge in [-0.15, -0.1) is 0 Å². The SMILES string of the molecule is CC1(C)c2ccccc2-c2ccc(N(c3ccc(-c4c(-c5ccccc5)n(-c5ccccc5)c5c6ccccc6c6ccccc6c45)cc3)c3ccc4c(c3)C(C)(C)c3ccccc3-4)cc21. The van der Waals surface area contributed by atoms with E-state index in [4.69, 9.17) is 0 Å².